The number of rotatable bonds is 5. The van der Waals surface area contributed by atoms with E-state index in [1.165, 1.54) is 23.3 Å². The maximum Gasteiger partial charge on any atom is 3.00 e. The molecule has 0 saturated carbocycles. The van der Waals surface area contributed by atoms with Crippen LogP contribution in [0.2, 0.25) is 0 Å². The van der Waals surface area contributed by atoms with Crippen LogP contribution in [0.5, 0.6) is 0 Å². The second kappa shape index (κ2) is 11.0. The van der Waals surface area contributed by atoms with E-state index in [-0.39, 0.29) is 62.1 Å². The van der Waals surface area contributed by atoms with Crippen LogP contribution < -0.4 is 24.8 Å². The molecule has 0 spiro atoms. The van der Waals surface area contributed by atoms with Crippen LogP contribution >= 0.6 is 11.8 Å². The maximum atomic E-state index is 3.62. The summed E-state index contributed by atoms with van der Waals surface area (Å²) >= 11 is 2.17. The second-order valence-corrected chi connectivity index (χ2v) is 9.85. The van der Waals surface area contributed by atoms with E-state index in [1.54, 1.807) is 5.57 Å². The topological polar surface area (TPSA) is 0 Å². The summed E-state index contributed by atoms with van der Waals surface area (Å²) in [7, 11) is 0. The summed E-state index contributed by atoms with van der Waals surface area (Å²) in [6.45, 7) is 16.5. The molecule has 2 aliphatic rings. The average Bonchev–Trinajstić information content (AvgIpc) is 3.00. The summed E-state index contributed by atoms with van der Waals surface area (Å²) in [6.07, 6.45) is 16.4. The van der Waals surface area contributed by atoms with Gasteiger partial charge in [-0.3, -0.25) is 6.08 Å². The monoisotopic (exact) mass is 447 g/mol. The SMILES string of the molecule is CCCSC1(C(C)(C)C2=[C-]CC=C2)CC=C(C)C=C1C(C)(C)C.[Cl-].[Cl-].[Ti+3]. The van der Waals surface area contributed by atoms with Crippen LogP contribution in [-0.4, -0.2) is 10.5 Å². The number of thioether (sulfide) groups is 1. The fourth-order valence-electron chi connectivity index (χ4n) is 3.88. The first-order valence-electron chi connectivity index (χ1n) is 8.96. The molecule has 0 bridgehead atoms. The fourth-order valence-corrected chi connectivity index (χ4v) is 5.62. The summed E-state index contributed by atoms with van der Waals surface area (Å²) in [6, 6.07) is 0. The first kappa shape index (κ1) is 28.8. The van der Waals surface area contributed by atoms with E-state index in [4.69, 9.17) is 0 Å². The van der Waals surface area contributed by atoms with Crippen LogP contribution in [0.25, 0.3) is 0 Å². The molecule has 0 aromatic heterocycles. The average molecular weight is 448 g/mol. The van der Waals surface area contributed by atoms with Crippen molar-refractivity contribution in [2.24, 2.45) is 10.8 Å². The van der Waals surface area contributed by atoms with E-state index >= 15 is 0 Å². The van der Waals surface area contributed by atoms with E-state index in [2.05, 4.69) is 90.6 Å². The number of hydrogen-bond donors (Lipinski definition) is 0. The zero-order valence-electron chi connectivity index (χ0n) is 17.3. The molecule has 0 amide bonds. The minimum absolute atomic E-state index is 0. The number of halogens is 2. The van der Waals surface area contributed by atoms with Gasteiger partial charge in [-0.15, -0.1) is 18.2 Å². The Hall–Kier alpha value is 0.604. The van der Waals surface area contributed by atoms with Gasteiger partial charge in [0.1, 0.15) is 0 Å². The number of allylic oxidation sites excluding steroid dienone is 7. The summed E-state index contributed by atoms with van der Waals surface area (Å²) in [5.74, 6) is 1.21. The Balaban J connectivity index is 0. The minimum Gasteiger partial charge on any atom is -1.00 e. The van der Waals surface area contributed by atoms with E-state index in [0.717, 1.165) is 12.8 Å². The molecular formula is C22H33Cl2STi. The third-order valence-corrected chi connectivity index (χ3v) is 7.26. The van der Waals surface area contributed by atoms with Gasteiger partial charge in [0.25, 0.3) is 0 Å². The Morgan fingerprint density at radius 2 is 1.77 bits per heavy atom. The molecular weight excluding hydrogens is 415 g/mol. The zero-order valence-corrected chi connectivity index (χ0v) is 21.2. The van der Waals surface area contributed by atoms with Gasteiger partial charge in [-0.2, -0.15) is 6.08 Å². The maximum absolute atomic E-state index is 3.62. The standard InChI is InChI=1S/C22H33S.2ClH.Ti/c1-8-15-23-22(21(6,7)18-11-9-10-12-18)14-13-17(2)16-19(22)20(3,4)5;;;/h9,11,13,16H,8,10,14-15H2,1-7H3;2*1H;/q-1;;;+3/p-2. The molecule has 2 rings (SSSR count). The Labute approximate surface area is 193 Å². The van der Waals surface area contributed by atoms with E-state index in [1.807, 2.05) is 0 Å². The third kappa shape index (κ3) is 5.57. The Morgan fingerprint density at radius 1 is 1.15 bits per heavy atom. The molecule has 2 aliphatic carbocycles. The van der Waals surface area contributed by atoms with Crippen molar-refractivity contribution >= 4 is 11.8 Å². The molecule has 145 valence electrons. The smallest absolute Gasteiger partial charge is 1.00 e. The van der Waals surface area contributed by atoms with Crippen LogP contribution in [0.3, 0.4) is 0 Å². The van der Waals surface area contributed by atoms with Crippen molar-refractivity contribution in [2.75, 3.05) is 5.75 Å². The van der Waals surface area contributed by atoms with Crippen molar-refractivity contribution < 1.29 is 46.5 Å². The molecule has 0 N–H and O–H groups in total. The Bertz CT molecular complexity index is 579. The quantitative estimate of drug-likeness (QED) is 0.445. The van der Waals surface area contributed by atoms with E-state index in [9.17, 15) is 0 Å². The van der Waals surface area contributed by atoms with Crippen LogP contribution in [0, 0.1) is 16.9 Å². The van der Waals surface area contributed by atoms with E-state index < -0.39 is 0 Å². The second-order valence-electron chi connectivity index (χ2n) is 8.46. The predicted molar refractivity (Wildman–Crippen MR) is 106 cm³/mol. The van der Waals surface area contributed by atoms with Gasteiger partial charge in [0.2, 0.25) is 0 Å². The molecule has 0 aromatic carbocycles. The summed E-state index contributed by atoms with van der Waals surface area (Å²) in [4.78, 5) is 0. The summed E-state index contributed by atoms with van der Waals surface area (Å²) in [5, 5.41) is 0. The van der Waals surface area contributed by atoms with Gasteiger partial charge in [0.05, 0.1) is 0 Å². The summed E-state index contributed by atoms with van der Waals surface area (Å²) in [5.41, 5.74) is 4.66. The Kier molecular flexibility index (Phi) is 12.1. The molecule has 0 nitrogen and oxygen atoms in total. The Morgan fingerprint density at radius 3 is 2.23 bits per heavy atom. The van der Waals surface area contributed by atoms with Crippen LogP contribution in [-0.2, 0) is 21.7 Å². The molecule has 0 heterocycles. The van der Waals surface area contributed by atoms with Crippen molar-refractivity contribution in [2.45, 2.75) is 72.5 Å². The van der Waals surface area contributed by atoms with Gasteiger partial charge >= 0.3 is 21.7 Å². The molecule has 1 atom stereocenters. The zero-order chi connectivity index (χ0) is 17.3. The third-order valence-electron chi connectivity index (χ3n) is 5.26. The van der Waals surface area contributed by atoms with Crippen molar-refractivity contribution in [1.29, 1.82) is 0 Å². The van der Waals surface area contributed by atoms with Crippen LogP contribution in [0.1, 0.15) is 67.7 Å². The largest absolute Gasteiger partial charge is 3.00 e. The molecule has 4 heteroatoms. The van der Waals surface area contributed by atoms with Gasteiger partial charge in [-0.05, 0) is 41.9 Å². The predicted octanol–water partition coefficient (Wildman–Crippen LogP) is 0.912. The van der Waals surface area contributed by atoms with Gasteiger partial charge in [0.15, 0.2) is 0 Å². The normalized spacial score (nSPS) is 22.3. The first-order chi connectivity index (χ1) is 10.6. The minimum atomic E-state index is 0. The molecule has 1 radical (unpaired) electrons. The van der Waals surface area contributed by atoms with Crippen LogP contribution in [0.4, 0.5) is 0 Å². The van der Waals surface area contributed by atoms with Gasteiger partial charge in [-0.1, -0.05) is 59.3 Å². The van der Waals surface area contributed by atoms with Crippen LogP contribution in [0.15, 0.2) is 41.0 Å². The van der Waals surface area contributed by atoms with Gasteiger partial charge in [-0.25, -0.2) is 11.6 Å². The summed E-state index contributed by atoms with van der Waals surface area (Å²) < 4.78 is 0.123. The molecule has 0 aliphatic heterocycles. The number of hydrogen-bond acceptors (Lipinski definition) is 1. The molecule has 0 saturated heterocycles. The first-order valence-corrected chi connectivity index (χ1v) is 9.95. The van der Waals surface area contributed by atoms with Crippen molar-refractivity contribution in [3.05, 3.63) is 47.1 Å². The van der Waals surface area contributed by atoms with Gasteiger partial charge < -0.3 is 24.8 Å². The van der Waals surface area contributed by atoms with Crippen molar-refractivity contribution in [3.8, 4) is 0 Å². The molecule has 0 aromatic rings. The molecule has 26 heavy (non-hydrogen) atoms. The molecule has 0 fully saturated rings. The van der Waals surface area contributed by atoms with Gasteiger partial charge in [0, 0.05) is 4.75 Å². The fraction of sp³-hybridized carbons (Fsp3) is 0.636. The van der Waals surface area contributed by atoms with E-state index in [0.29, 0.717) is 0 Å². The van der Waals surface area contributed by atoms with Crippen molar-refractivity contribution in [1.82, 2.24) is 0 Å². The molecule has 1 unspecified atom stereocenters. The van der Waals surface area contributed by atoms with Crippen molar-refractivity contribution in [3.63, 3.8) is 0 Å².